The summed E-state index contributed by atoms with van der Waals surface area (Å²) in [6.07, 6.45) is 6.75. The van der Waals surface area contributed by atoms with E-state index in [9.17, 15) is 57.9 Å². The van der Waals surface area contributed by atoms with Gasteiger partial charge in [-0.2, -0.15) is 4.31 Å². The highest BCUT2D eigenvalue weighted by molar-refractivity contribution is 8.13. The molecule has 3 unspecified atom stereocenters. The number of nitrogen functional groups attached to an aromatic ring is 1. The molecule has 63 heavy (non-hydrogen) atoms. The molecule has 3 rings (SSSR count). The number of imidazole rings is 1. The number of aromatic nitrogens is 4. The van der Waals surface area contributed by atoms with Crippen molar-refractivity contribution in [3.63, 3.8) is 0 Å². The van der Waals surface area contributed by atoms with E-state index in [1.807, 2.05) is 0 Å². The Kier molecular flexibility index (Phi) is 22.7. The van der Waals surface area contributed by atoms with Gasteiger partial charge in [0.1, 0.15) is 36.3 Å². The fraction of sp³-hybridized carbons (Fsp3) is 0.771. The molecule has 0 saturated carbocycles. The van der Waals surface area contributed by atoms with Crippen molar-refractivity contribution in [3.05, 3.63) is 12.7 Å². The predicted molar refractivity (Wildman–Crippen MR) is 228 cm³/mol. The number of hydrogen-bond acceptors (Lipinski definition) is 18. The Labute approximate surface area is 369 Å². The van der Waals surface area contributed by atoms with Gasteiger partial charge in [-0.1, -0.05) is 96.7 Å². The van der Waals surface area contributed by atoms with Crippen LogP contribution in [-0.2, 0) is 50.7 Å². The van der Waals surface area contributed by atoms with E-state index in [1.165, 1.54) is 65.2 Å². The quantitative estimate of drug-likeness (QED) is 0.0386. The summed E-state index contributed by atoms with van der Waals surface area (Å²) < 4.78 is 62.3. The number of phosphoric ester groups is 3. The van der Waals surface area contributed by atoms with Crippen molar-refractivity contribution < 1.29 is 80.5 Å². The monoisotopic (exact) mass is 977 g/mol. The minimum Gasteiger partial charge on any atom is -0.386 e. The molecule has 1 aliphatic rings. The molecule has 1 aliphatic heterocycles. The van der Waals surface area contributed by atoms with Crippen molar-refractivity contribution >= 4 is 69.1 Å². The summed E-state index contributed by atoms with van der Waals surface area (Å²) >= 11 is 1.15. The van der Waals surface area contributed by atoms with Crippen LogP contribution >= 0.6 is 35.2 Å². The number of nitrogens with two attached hydrogens (primary N) is 1. The van der Waals surface area contributed by atoms with E-state index < -0.39 is 84.6 Å². The van der Waals surface area contributed by atoms with E-state index in [0.717, 1.165) is 48.2 Å². The van der Waals surface area contributed by atoms with Crippen LogP contribution in [0.4, 0.5) is 5.82 Å². The zero-order valence-corrected chi connectivity index (χ0v) is 39.1. The molecule has 0 radical (unpaired) electrons. The summed E-state index contributed by atoms with van der Waals surface area (Å²) in [4.78, 5) is 88.2. The maximum atomic E-state index is 12.7. The molecule has 7 atom stereocenters. The average Bonchev–Trinajstić information content (AvgIpc) is 3.76. The summed E-state index contributed by atoms with van der Waals surface area (Å²) in [6, 6.07) is 0. The lowest BCUT2D eigenvalue weighted by Crippen LogP contribution is -2.46. The van der Waals surface area contributed by atoms with Crippen molar-refractivity contribution in [2.75, 3.05) is 37.8 Å². The zero-order valence-electron chi connectivity index (χ0n) is 35.6. The van der Waals surface area contributed by atoms with E-state index in [4.69, 9.17) is 19.5 Å². The molecule has 0 aliphatic carbocycles. The van der Waals surface area contributed by atoms with Gasteiger partial charge in [0.2, 0.25) is 11.8 Å². The van der Waals surface area contributed by atoms with Gasteiger partial charge in [0.15, 0.2) is 22.8 Å². The van der Waals surface area contributed by atoms with Crippen molar-refractivity contribution in [2.45, 2.75) is 135 Å². The number of nitrogens with zero attached hydrogens (tertiary/aromatic N) is 4. The Balaban J connectivity index is 1.35. The van der Waals surface area contributed by atoms with Crippen LogP contribution in [0.2, 0.25) is 0 Å². The smallest absolute Gasteiger partial charge is 0.386 e. The van der Waals surface area contributed by atoms with Crippen LogP contribution < -0.4 is 16.4 Å². The number of aliphatic hydroxyl groups is 2. The maximum absolute atomic E-state index is 12.7. The van der Waals surface area contributed by atoms with E-state index in [-0.39, 0.29) is 41.6 Å². The van der Waals surface area contributed by atoms with Crippen LogP contribution in [0.3, 0.4) is 0 Å². The Morgan fingerprint density at radius 1 is 0.905 bits per heavy atom. The van der Waals surface area contributed by atoms with Gasteiger partial charge in [-0.05, 0) is 6.42 Å². The standard InChI is InChI=1S/C35H62N7O17P3S/c1-4-5-6-7-8-9-10-11-12-13-14-15-26(44)63-19-18-37-25(43)16-17-38-33(47)30(46)35(2,3)21-56-62(53,54)59-61(51,52)55-20-24-29(58-60(48,49)50)28(45)34(57-24)42-23-41-27-31(36)39-22-40-32(27)42/h22-24,28-30,34,45-46H,4-21H2,1-3H3,(H,37,43)(H,38,47)(H,51,52)(H,53,54)(H2,36,39,40)(H2,48,49,50)/t24-,28-,29-,30?,34-/m1/s1. The first-order valence-electron chi connectivity index (χ1n) is 20.6. The van der Waals surface area contributed by atoms with Gasteiger partial charge in [-0.15, -0.1) is 0 Å². The molecule has 1 fully saturated rings. The Hall–Kier alpha value is -2.44. The molecule has 28 heteroatoms. The molecule has 2 aromatic rings. The van der Waals surface area contributed by atoms with E-state index in [1.54, 1.807) is 0 Å². The third-order valence-corrected chi connectivity index (χ3v) is 13.8. The lowest BCUT2D eigenvalue weighted by atomic mass is 9.87. The molecule has 0 bridgehead atoms. The van der Waals surface area contributed by atoms with E-state index >= 15 is 0 Å². The number of hydrogen-bond donors (Lipinski definition) is 9. The minimum absolute atomic E-state index is 0.0335. The third-order valence-electron chi connectivity index (χ3n) is 9.75. The van der Waals surface area contributed by atoms with Crippen LogP contribution in [0, 0.1) is 5.41 Å². The molecule has 0 spiro atoms. The number of unbranched alkanes of at least 4 members (excludes halogenated alkanes) is 10. The summed E-state index contributed by atoms with van der Waals surface area (Å²) in [6.45, 7) is 2.79. The molecule has 3 heterocycles. The second-order valence-corrected chi connectivity index (χ2v) is 21.0. The van der Waals surface area contributed by atoms with Crippen LogP contribution in [-0.4, -0.2) is 123 Å². The van der Waals surface area contributed by atoms with Gasteiger partial charge in [-0.25, -0.2) is 28.6 Å². The number of thioether (sulfide) groups is 1. The molecule has 1 saturated heterocycles. The van der Waals surface area contributed by atoms with Crippen LogP contribution in [0.1, 0.15) is 110 Å². The number of anilines is 1. The van der Waals surface area contributed by atoms with E-state index in [0.29, 0.717) is 12.2 Å². The highest BCUT2D eigenvalue weighted by atomic mass is 32.2. The Morgan fingerprint density at radius 3 is 2.16 bits per heavy atom. The van der Waals surface area contributed by atoms with Gasteiger partial charge in [-0.3, -0.25) is 32.5 Å². The average molecular weight is 978 g/mol. The van der Waals surface area contributed by atoms with Crippen molar-refractivity contribution in [1.29, 1.82) is 0 Å². The Morgan fingerprint density at radius 2 is 1.52 bits per heavy atom. The number of nitrogens with one attached hydrogen (secondary N) is 2. The van der Waals surface area contributed by atoms with Gasteiger partial charge in [0.25, 0.3) is 0 Å². The number of carbonyl (C=O) groups excluding carboxylic acids is 3. The molecule has 0 aromatic carbocycles. The highest BCUT2D eigenvalue weighted by Gasteiger charge is 2.50. The first kappa shape index (κ1) is 54.9. The largest absolute Gasteiger partial charge is 0.481 e. The SMILES string of the molecule is CCCCCCCCCCCCCC(=O)SCCNC(=O)CCNC(=O)C(O)C(C)(C)COP(=O)(O)OP(=O)(O)OC[C@H]1O[C@@H](n2cnc3c(N)ncnc32)[C@H](O)[C@@H]1OP(=O)(O)O. The molecule has 24 nitrogen and oxygen atoms in total. The summed E-state index contributed by atoms with van der Waals surface area (Å²) in [7, 11) is -16.4. The fourth-order valence-corrected chi connectivity index (χ4v) is 9.85. The normalized spacial score (nSPS) is 20.6. The second-order valence-electron chi connectivity index (χ2n) is 15.6. The maximum Gasteiger partial charge on any atom is 0.481 e. The summed E-state index contributed by atoms with van der Waals surface area (Å²) in [5, 5.41) is 26.6. The number of carbonyl (C=O) groups is 3. The Bertz CT molecular complexity index is 1920. The summed E-state index contributed by atoms with van der Waals surface area (Å²) in [5.41, 5.74) is 4.29. The number of ether oxygens (including phenoxy) is 1. The zero-order chi connectivity index (χ0) is 46.8. The number of fused-ring (bicyclic) bond motifs is 1. The number of rotatable bonds is 31. The lowest BCUT2D eigenvalue weighted by molar-refractivity contribution is -0.137. The van der Waals surface area contributed by atoms with Gasteiger partial charge < -0.3 is 50.9 Å². The van der Waals surface area contributed by atoms with Crippen molar-refractivity contribution in [3.8, 4) is 0 Å². The van der Waals surface area contributed by atoms with Crippen LogP contribution in [0.25, 0.3) is 11.2 Å². The molecule has 2 aromatic heterocycles. The summed E-state index contributed by atoms with van der Waals surface area (Å²) in [5.74, 6) is -1.02. The van der Waals surface area contributed by atoms with Crippen molar-refractivity contribution in [2.24, 2.45) is 5.41 Å². The topological polar surface area (TPSA) is 364 Å². The number of phosphoric acid groups is 3. The number of amides is 2. The number of aliphatic hydroxyl groups excluding tert-OH is 2. The van der Waals surface area contributed by atoms with Gasteiger partial charge in [0.05, 0.1) is 19.5 Å². The second kappa shape index (κ2) is 26.0. The van der Waals surface area contributed by atoms with Crippen molar-refractivity contribution in [1.82, 2.24) is 30.2 Å². The molecule has 2 amide bonds. The lowest BCUT2D eigenvalue weighted by Gasteiger charge is -2.30. The minimum atomic E-state index is -5.57. The van der Waals surface area contributed by atoms with Gasteiger partial charge >= 0.3 is 23.5 Å². The molecule has 10 N–H and O–H groups in total. The van der Waals surface area contributed by atoms with E-state index in [2.05, 4.69) is 41.3 Å². The highest BCUT2D eigenvalue weighted by Crippen LogP contribution is 2.61. The fourth-order valence-electron chi connectivity index (χ4n) is 6.30. The first-order valence-corrected chi connectivity index (χ1v) is 26.1. The predicted octanol–water partition coefficient (Wildman–Crippen LogP) is 3.37. The van der Waals surface area contributed by atoms with Crippen LogP contribution in [0.5, 0.6) is 0 Å². The molecule has 360 valence electrons. The molecular weight excluding hydrogens is 915 g/mol. The first-order chi connectivity index (χ1) is 29.6. The van der Waals surface area contributed by atoms with Crippen LogP contribution in [0.15, 0.2) is 12.7 Å². The van der Waals surface area contributed by atoms with Gasteiger partial charge in [0, 0.05) is 37.1 Å². The molecular formula is C35H62N7O17P3S. The third kappa shape index (κ3) is 19.5.